The summed E-state index contributed by atoms with van der Waals surface area (Å²) in [7, 11) is 4.68. The van der Waals surface area contributed by atoms with Crippen molar-refractivity contribution in [2.24, 2.45) is 0 Å². The molecule has 0 aliphatic carbocycles. The predicted octanol–water partition coefficient (Wildman–Crippen LogP) is 1.81. The average molecular weight is 121 g/mol. The Bertz CT molecular complexity index is 29.0. The van der Waals surface area contributed by atoms with Crippen LogP contribution in [0.15, 0.2) is 0 Å². The Labute approximate surface area is 34.9 Å². The van der Waals surface area contributed by atoms with E-state index in [1.54, 1.807) is 0 Å². The van der Waals surface area contributed by atoms with E-state index in [1.807, 2.05) is 11.7 Å². The normalized spacial score (nSPS) is 11.0. The van der Waals surface area contributed by atoms with Crippen LogP contribution in [-0.2, 0) is 12.0 Å². The van der Waals surface area contributed by atoms with Crippen LogP contribution in [0.5, 0.6) is 0 Å². The summed E-state index contributed by atoms with van der Waals surface area (Å²) in [6.07, 6.45) is 0. The molecule has 29 valence electrons. The van der Waals surface area contributed by atoms with Crippen molar-refractivity contribution in [3.05, 3.63) is 0 Å². The fourth-order valence-electron chi connectivity index (χ4n) is 0. The second-order valence-electron chi connectivity index (χ2n) is 0.605. The van der Waals surface area contributed by atoms with Gasteiger partial charge in [0, 0.05) is 0 Å². The van der Waals surface area contributed by atoms with Crippen LogP contribution in [0.4, 0.5) is 0 Å². The monoisotopic (exact) mass is 121 g/mol. The third kappa shape index (κ3) is 15.4. The minimum atomic E-state index is -0.0208. The van der Waals surface area contributed by atoms with Crippen molar-refractivity contribution < 1.29 is 12.0 Å². The van der Waals surface area contributed by atoms with Crippen molar-refractivity contribution in [1.82, 2.24) is 0 Å². The van der Waals surface area contributed by atoms with E-state index >= 15 is 0 Å². The molecule has 0 saturated carbocycles. The van der Waals surface area contributed by atoms with Crippen molar-refractivity contribution in [2.45, 2.75) is 11.7 Å². The van der Waals surface area contributed by atoms with Crippen molar-refractivity contribution in [1.29, 1.82) is 0 Å². The van der Waals surface area contributed by atoms with Gasteiger partial charge in [0.2, 0.25) is 0 Å². The minimum absolute atomic E-state index is 0.0208. The van der Waals surface area contributed by atoms with Crippen molar-refractivity contribution in [3.8, 4) is 0 Å². The summed E-state index contributed by atoms with van der Waals surface area (Å²) in [6, 6.07) is 0. The van der Waals surface area contributed by atoms with Crippen molar-refractivity contribution in [2.75, 3.05) is 0 Å². The zero-order valence-corrected chi connectivity index (χ0v) is 4.60. The predicted molar refractivity (Wildman–Crippen MR) is 19.3 cm³/mol. The molecule has 0 saturated heterocycles. The second-order valence-corrected chi connectivity index (χ2v) is 4.74. The van der Waals surface area contributed by atoms with Gasteiger partial charge in [0.1, 0.15) is 0 Å². The molecule has 2 heteroatoms. The maximum atomic E-state index is 4.68. The van der Waals surface area contributed by atoms with Crippen LogP contribution < -0.4 is 0 Å². The van der Waals surface area contributed by atoms with Crippen LogP contribution >= 0.6 is 10.6 Å². The molecular formula is C2H6CoS. The Kier molecular flexibility index (Phi) is 2.36. The third-order valence-electron chi connectivity index (χ3n) is 0. The first-order valence-electron chi connectivity index (χ1n) is 0.803. The Morgan fingerprint density at radius 1 is 1.50 bits per heavy atom. The number of hydrogen-bond acceptors (Lipinski definition) is 1. The van der Waals surface area contributed by atoms with Crippen LogP contribution in [0.1, 0.15) is 0 Å². The van der Waals surface area contributed by atoms with E-state index in [0.29, 0.717) is 0 Å². The zero-order chi connectivity index (χ0) is 3.58. The summed E-state index contributed by atoms with van der Waals surface area (Å²) in [5.74, 6) is 4.09. The quantitative estimate of drug-likeness (QED) is 0.471. The standard InChI is InChI=1S/2CH3.Co.S/h2*1H3;;. The molecule has 0 radical (unpaired) electrons. The Balaban J connectivity index is 2.80. The molecule has 0 aliphatic rings. The molecule has 0 unspecified atom stereocenters. The summed E-state index contributed by atoms with van der Waals surface area (Å²) in [4.78, 5) is 0. The summed E-state index contributed by atoms with van der Waals surface area (Å²) in [5, 5.41) is 0. The van der Waals surface area contributed by atoms with Crippen LogP contribution in [0.2, 0.25) is 11.7 Å². The van der Waals surface area contributed by atoms with Gasteiger partial charge < -0.3 is 0 Å². The molecule has 0 aromatic carbocycles. The van der Waals surface area contributed by atoms with Gasteiger partial charge >= 0.3 is 34.4 Å². The van der Waals surface area contributed by atoms with Gasteiger partial charge in [0.25, 0.3) is 0 Å². The van der Waals surface area contributed by atoms with E-state index in [2.05, 4.69) is 10.6 Å². The van der Waals surface area contributed by atoms with E-state index in [0.717, 1.165) is 0 Å². The number of hydrogen-bond donors (Lipinski definition) is 0. The van der Waals surface area contributed by atoms with Gasteiger partial charge in [-0.25, -0.2) is 0 Å². The van der Waals surface area contributed by atoms with Crippen molar-refractivity contribution in [3.63, 3.8) is 0 Å². The summed E-state index contributed by atoms with van der Waals surface area (Å²) in [6.45, 7) is 0. The first-order chi connectivity index (χ1) is 1.73. The van der Waals surface area contributed by atoms with Gasteiger partial charge in [-0.3, -0.25) is 0 Å². The van der Waals surface area contributed by atoms with Crippen LogP contribution in [0.3, 0.4) is 0 Å². The summed E-state index contributed by atoms with van der Waals surface area (Å²) < 4.78 is 0. The van der Waals surface area contributed by atoms with Crippen molar-refractivity contribution >= 4 is 10.6 Å². The molecule has 0 aromatic heterocycles. The van der Waals surface area contributed by atoms with Gasteiger partial charge in [0.05, 0.1) is 0 Å². The molecule has 0 heterocycles. The first kappa shape index (κ1) is 4.73. The summed E-state index contributed by atoms with van der Waals surface area (Å²) in [5.41, 5.74) is 0. The fraction of sp³-hybridized carbons (Fsp3) is 1.00. The molecule has 0 rings (SSSR count). The van der Waals surface area contributed by atoms with E-state index in [9.17, 15) is 0 Å². The third-order valence-corrected chi connectivity index (χ3v) is 0. The molecule has 0 bridgehead atoms. The topological polar surface area (TPSA) is 0 Å². The zero-order valence-electron chi connectivity index (χ0n) is 2.74. The molecule has 0 amide bonds. The van der Waals surface area contributed by atoms with Gasteiger partial charge in [-0.2, -0.15) is 0 Å². The molecule has 0 N–H and O–H groups in total. The fourth-order valence-corrected chi connectivity index (χ4v) is 0. The molecule has 0 aromatic rings. The SMILES string of the molecule is [CH3][Co]([CH3])=[S]. The molecule has 0 fully saturated rings. The van der Waals surface area contributed by atoms with E-state index in [1.165, 1.54) is 0 Å². The molecule has 0 nitrogen and oxygen atoms in total. The molecule has 0 aliphatic heterocycles. The summed E-state index contributed by atoms with van der Waals surface area (Å²) >= 11 is -0.0208. The van der Waals surface area contributed by atoms with E-state index < -0.39 is 0 Å². The van der Waals surface area contributed by atoms with Gasteiger partial charge in [-0.05, 0) is 0 Å². The molecule has 0 spiro atoms. The molecular weight excluding hydrogens is 115 g/mol. The second kappa shape index (κ2) is 1.99. The van der Waals surface area contributed by atoms with Crippen LogP contribution in [-0.4, -0.2) is 0 Å². The Hall–Kier alpha value is 0.726. The average Bonchev–Trinajstić information content (AvgIpc) is 0.811. The van der Waals surface area contributed by atoms with Crippen LogP contribution in [0.25, 0.3) is 0 Å². The van der Waals surface area contributed by atoms with E-state index in [-0.39, 0.29) is 12.0 Å². The first-order valence-corrected chi connectivity index (χ1v) is 4.43. The number of rotatable bonds is 0. The van der Waals surface area contributed by atoms with Gasteiger partial charge in [-0.1, -0.05) is 0 Å². The van der Waals surface area contributed by atoms with Gasteiger partial charge in [0.15, 0.2) is 0 Å². The van der Waals surface area contributed by atoms with E-state index in [4.69, 9.17) is 0 Å². The van der Waals surface area contributed by atoms with Gasteiger partial charge in [-0.15, -0.1) is 0 Å². The molecule has 0 atom stereocenters. The van der Waals surface area contributed by atoms with Crippen LogP contribution in [0, 0.1) is 0 Å². The molecule has 4 heavy (non-hydrogen) atoms. The Morgan fingerprint density at radius 3 is 1.50 bits per heavy atom. The Morgan fingerprint density at radius 2 is 1.50 bits per heavy atom. The maximum absolute atomic E-state index is 4.68.